The van der Waals surface area contributed by atoms with Gasteiger partial charge in [-0.2, -0.15) is 5.26 Å². The van der Waals surface area contributed by atoms with Gasteiger partial charge < -0.3 is 15.0 Å². The van der Waals surface area contributed by atoms with Crippen molar-refractivity contribution in [3.8, 4) is 11.8 Å². The molecule has 0 radical (unpaired) electrons. The lowest BCUT2D eigenvalue weighted by Crippen LogP contribution is -2.33. The number of aromatic nitrogens is 1. The number of halogens is 1. The van der Waals surface area contributed by atoms with Gasteiger partial charge >= 0.3 is 0 Å². The summed E-state index contributed by atoms with van der Waals surface area (Å²) >= 11 is 0. The van der Waals surface area contributed by atoms with Crippen LogP contribution in [-0.2, 0) is 13.0 Å². The van der Waals surface area contributed by atoms with Crippen LogP contribution in [0.5, 0.6) is 5.75 Å². The van der Waals surface area contributed by atoms with Crippen molar-refractivity contribution in [3.63, 3.8) is 0 Å². The molecule has 0 saturated heterocycles. The van der Waals surface area contributed by atoms with E-state index in [4.69, 9.17) is 10.5 Å². The van der Waals surface area contributed by atoms with Crippen LogP contribution in [-0.4, -0.2) is 4.57 Å². The van der Waals surface area contributed by atoms with Gasteiger partial charge in [0.15, 0.2) is 0 Å². The smallest absolute Gasteiger partial charge is 0.258 e. The third-order valence-electron chi connectivity index (χ3n) is 5.37. The number of nitriles is 1. The minimum absolute atomic E-state index is 0.0307. The van der Waals surface area contributed by atoms with E-state index in [2.05, 4.69) is 0 Å². The van der Waals surface area contributed by atoms with Gasteiger partial charge in [-0.3, -0.25) is 4.79 Å². The second-order valence-electron chi connectivity index (χ2n) is 7.20. The molecule has 0 amide bonds. The van der Waals surface area contributed by atoms with Crippen LogP contribution in [0.15, 0.2) is 76.9 Å². The van der Waals surface area contributed by atoms with Crippen LogP contribution in [0, 0.1) is 24.1 Å². The van der Waals surface area contributed by atoms with E-state index in [9.17, 15) is 14.4 Å². The molecule has 3 aromatic rings. The van der Waals surface area contributed by atoms with Crippen LogP contribution in [0.25, 0.3) is 0 Å². The molecular weight excluding hydrogens is 381 g/mol. The van der Waals surface area contributed by atoms with Crippen molar-refractivity contribution in [2.75, 3.05) is 0 Å². The Balaban J connectivity index is 1.86. The molecule has 150 valence electrons. The zero-order valence-electron chi connectivity index (χ0n) is 16.4. The molecular formula is C24H20FN3O2. The van der Waals surface area contributed by atoms with Gasteiger partial charge in [0.1, 0.15) is 23.2 Å². The van der Waals surface area contributed by atoms with Crippen LogP contribution in [0.2, 0.25) is 0 Å². The molecule has 30 heavy (non-hydrogen) atoms. The maximum atomic E-state index is 14.7. The molecule has 2 N–H and O–H groups in total. The first-order valence-corrected chi connectivity index (χ1v) is 9.61. The molecule has 0 aliphatic carbocycles. The monoisotopic (exact) mass is 401 g/mol. The summed E-state index contributed by atoms with van der Waals surface area (Å²) in [6.07, 6.45) is 0.661. The highest BCUT2D eigenvalue weighted by atomic mass is 19.1. The average molecular weight is 401 g/mol. The Morgan fingerprint density at radius 3 is 2.57 bits per heavy atom. The molecule has 5 nitrogen and oxygen atoms in total. The molecule has 2 heterocycles. The first-order chi connectivity index (χ1) is 14.5. The number of ether oxygens (including phenoxy) is 1. The van der Waals surface area contributed by atoms with E-state index in [-0.39, 0.29) is 33.9 Å². The molecule has 1 aliphatic heterocycles. The molecule has 0 saturated carbocycles. The van der Waals surface area contributed by atoms with Crippen LogP contribution >= 0.6 is 0 Å². The lowest BCUT2D eigenvalue weighted by Gasteiger charge is -2.27. The van der Waals surface area contributed by atoms with Gasteiger partial charge in [0.05, 0.1) is 11.5 Å². The SMILES string of the molecule is Cc1cc2c(c(=O)n1CCc1ccccc1)C(c1ccccc1F)C(C#N)=C(N)O2. The highest BCUT2D eigenvalue weighted by Crippen LogP contribution is 2.41. The van der Waals surface area contributed by atoms with Crippen LogP contribution in [0.4, 0.5) is 4.39 Å². The normalized spacial score (nSPS) is 15.3. The summed E-state index contributed by atoms with van der Waals surface area (Å²) in [4.78, 5) is 13.5. The number of nitrogens with two attached hydrogens (primary N) is 1. The number of allylic oxidation sites excluding steroid dienone is 1. The second kappa shape index (κ2) is 7.88. The number of aryl methyl sites for hydroxylation is 2. The van der Waals surface area contributed by atoms with Gasteiger partial charge in [-0.25, -0.2) is 4.39 Å². The molecule has 0 spiro atoms. The van der Waals surface area contributed by atoms with E-state index in [1.165, 1.54) is 6.07 Å². The van der Waals surface area contributed by atoms with Crippen molar-refractivity contribution in [1.82, 2.24) is 4.57 Å². The lowest BCUT2D eigenvalue weighted by atomic mass is 9.83. The van der Waals surface area contributed by atoms with E-state index in [1.807, 2.05) is 43.3 Å². The topological polar surface area (TPSA) is 81.0 Å². The fraction of sp³-hybridized carbons (Fsp3) is 0.167. The van der Waals surface area contributed by atoms with Gasteiger partial charge in [0, 0.05) is 23.9 Å². The molecule has 1 atom stereocenters. The highest BCUT2D eigenvalue weighted by molar-refractivity contribution is 5.55. The maximum absolute atomic E-state index is 14.7. The van der Waals surface area contributed by atoms with Gasteiger partial charge in [0.25, 0.3) is 5.56 Å². The molecule has 0 bridgehead atoms. The molecule has 0 fully saturated rings. The summed E-state index contributed by atoms with van der Waals surface area (Å²) < 4.78 is 21.9. The Hall–Kier alpha value is -3.85. The Morgan fingerprint density at radius 2 is 1.87 bits per heavy atom. The van der Waals surface area contributed by atoms with Crippen molar-refractivity contribution in [1.29, 1.82) is 5.26 Å². The summed E-state index contributed by atoms with van der Waals surface area (Å²) in [7, 11) is 0. The standard InChI is InChI=1S/C24H20FN3O2/c1-15-13-20-22(24(29)28(15)12-11-16-7-3-2-4-8-16)21(18(14-26)23(27)30-20)17-9-5-6-10-19(17)25/h2-10,13,21H,11-12,27H2,1H3. The lowest BCUT2D eigenvalue weighted by molar-refractivity contribution is 0.387. The molecule has 6 heteroatoms. The largest absolute Gasteiger partial charge is 0.440 e. The molecule has 2 aromatic carbocycles. The summed E-state index contributed by atoms with van der Waals surface area (Å²) in [5, 5.41) is 9.68. The maximum Gasteiger partial charge on any atom is 0.258 e. The third-order valence-corrected chi connectivity index (χ3v) is 5.37. The van der Waals surface area contributed by atoms with Crippen molar-refractivity contribution in [2.24, 2.45) is 5.73 Å². The van der Waals surface area contributed by atoms with Crippen molar-refractivity contribution in [3.05, 3.63) is 111 Å². The average Bonchev–Trinajstić information content (AvgIpc) is 2.74. The third kappa shape index (κ3) is 3.35. The molecule has 4 rings (SSSR count). The van der Waals surface area contributed by atoms with Crippen LogP contribution < -0.4 is 16.0 Å². The number of benzene rings is 2. The Labute approximate surface area is 173 Å². The van der Waals surface area contributed by atoms with E-state index in [0.717, 1.165) is 5.56 Å². The van der Waals surface area contributed by atoms with Crippen molar-refractivity contribution in [2.45, 2.75) is 25.8 Å². The summed E-state index contributed by atoms with van der Waals surface area (Å²) in [5.74, 6) is -1.28. The number of nitrogens with zero attached hydrogens (tertiary/aromatic N) is 2. The zero-order chi connectivity index (χ0) is 21.3. The number of pyridine rings is 1. The second-order valence-corrected chi connectivity index (χ2v) is 7.20. The van der Waals surface area contributed by atoms with Crippen LogP contribution in [0.1, 0.15) is 28.3 Å². The Morgan fingerprint density at radius 1 is 1.17 bits per heavy atom. The first kappa shape index (κ1) is 19.5. The van der Waals surface area contributed by atoms with Gasteiger partial charge in [-0.05, 0) is 25.0 Å². The van der Waals surface area contributed by atoms with E-state index in [0.29, 0.717) is 18.7 Å². The number of rotatable bonds is 4. The fourth-order valence-corrected chi connectivity index (χ4v) is 3.87. The van der Waals surface area contributed by atoms with E-state index >= 15 is 0 Å². The van der Waals surface area contributed by atoms with Gasteiger partial charge in [0.2, 0.25) is 5.88 Å². The van der Waals surface area contributed by atoms with Crippen LogP contribution in [0.3, 0.4) is 0 Å². The molecule has 1 aliphatic rings. The first-order valence-electron chi connectivity index (χ1n) is 9.61. The zero-order valence-corrected chi connectivity index (χ0v) is 16.4. The van der Waals surface area contributed by atoms with E-state index in [1.54, 1.807) is 28.8 Å². The van der Waals surface area contributed by atoms with Crippen molar-refractivity contribution >= 4 is 0 Å². The summed E-state index contributed by atoms with van der Waals surface area (Å²) in [6, 6.07) is 19.7. The minimum Gasteiger partial charge on any atom is -0.440 e. The minimum atomic E-state index is -0.920. The number of fused-ring (bicyclic) bond motifs is 1. The van der Waals surface area contributed by atoms with E-state index < -0.39 is 11.7 Å². The predicted octanol–water partition coefficient (Wildman–Crippen LogP) is 3.76. The molecule has 1 aromatic heterocycles. The molecule has 1 unspecified atom stereocenters. The number of hydrogen-bond donors (Lipinski definition) is 1. The van der Waals surface area contributed by atoms with Gasteiger partial charge in [-0.15, -0.1) is 0 Å². The number of hydrogen-bond acceptors (Lipinski definition) is 4. The Bertz CT molecular complexity index is 1240. The highest BCUT2D eigenvalue weighted by Gasteiger charge is 2.35. The summed E-state index contributed by atoms with van der Waals surface area (Å²) in [5.41, 5.74) is 7.93. The predicted molar refractivity (Wildman–Crippen MR) is 111 cm³/mol. The van der Waals surface area contributed by atoms with Gasteiger partial charge in [-0.1, -0.05) is 48.5 Å². The quantitative estimate of drug-likeness (QED) is 0.722. The fourth-order valence-electron chi connectivity index (χ4n) is 3.87. The van der Waals surface area contributed by atoms with Crippen molar-refractivity contribution < 1.29 is 9.13 Å². The summed E-state index contributed by atoms with van der Waals surface area (Å²) in [6.45, 7) is 2.26. The Kier molecular flexibility index (Phi) is 5.11.